The number of amides is 2. The first-order valence-electron chi connectivity index (χ1n) is 10.7. The predicted octanol–water partition coefficient (Wildman–Crippen LogP) is 5.34. The average molecular weight is 462 g/mol. The summed E-state index contributed by atoms with van der Waals surface area (Å²) in [5.41, 5.74) is 3.41. The largest absolute Gasteiger partial charge is 0.326 e. The van der Waals surface area contributed by atoms with Crippen LogP contribution in [0.15, 0.2) is 83.9 Å². The van der Waals surface area contributed by atoms with E-state index in [1.54, 1.807) is 17.0 Å². The van der Waals surface area contributed by atoms with E-state index in [4.69, 9.17) is 0 Å². The smallest absolute Gasteiger partial charge is 0.242 e. The molecule has 168 valence electrons. The molecule has 0 spiro atoms. The van der Waals surface area contributed by atoms with Crippen molar-refractivity contribution in [1.82, 2.24) is 4.90 Å². The summed E-state index contributed by atoms with van der Waals surface area (Å²) in [6.07, 6.45) is 0.708. The molecule has 4 rings (SSSR count). The Hall–Kier alpha value is -3.45. The highest BCUT2D eigenvalue weighted by Gasteiger charge is 2.39. The summed E-state index contributed by atoms with van der Waals surface area (Å²) in [7, 11) is 0. The van der Waals surface area contributed by atoms with Crippen LogP contribution in [0.2, 0.25) is 0 Å². The summed E-state index contributed by atoms with van der Waals surface area (Å²) in [4.78, 5) is 32.1. The van der Waals surface area contributed by atoms with Crippen LogP contribution in [0.25, 0.3) is 0 Å². The van der Waals surface area contributed by atoms with Crippen molar-refractivity contribution in [2.24, 2.45) is 4.99 Å². The second-order valence-electron chi connectivity index (χ2n) is 7.82. The first kappa shape index (κ1) is 22.7. The van der Waals surface area contributed by atoms with Gasteiger partial charge in [0.25, 0.3) is 0 Å². The number of benzene rings is 3. The van der Waals surface area contributed by atoms with Crippen molar-refractivity contribution in [3.63, 3.8) is 0 Å². The van der Waals surface area contributed by atoms with Crippen LogP contribution in [-0.4, -0.2) is 33.7 Å². The second kappa shape index (κ2) is 10.4. The molecule has 0 bridgehead atoms. The number of hydrogen-bond donors (Lipinski definition) is 1. The van der Waals surface area contributed by atoms with E-state index in [0.29, 0.717) is 29.5 Å². The normalized spacial score (nSPS) is 16.9. The van der Waals surface area contributed by atoms with Crippen molar-refractivity contribution < 1.29 is 14.0 Å². The van der Waals surface area contributed by atoms with Gasteiger partial charge in [-0.15, -0.1) is 0 Å². The van der Waals surface area contributed by atoms with Crippen molar-refractivity contribution in [2.45, 2.75) is 25.0 Å². The number of anilines is 1. The van der Waals surface area contributed by atoms with Crippen LogP contribution < -0.4 is 5.32 Å². The molecule has 33 heavy (non-hydrogen) atoms. The fraction of sp³-hybridized carbons (Fsp3) is 0.192. The summed E-state index contributed by atoms with van der Waals surface area (Å²) in [5.74, 6) is -0.714. The van der Waals surface area contributed by atoms with Gasteiger partial charge in [0.05, 0.1) is 5.69 Å². The van der Waals surface area contributed by atoms with Crippen molar-refractivity contribution in [3.05, 3.63) is 95.8 Å². The van der Waals surface area contributed by atoms with Gasteiger partial charge in [-0.3, -0.25) is 14.5 Å². The van der Waals surface area contributed by atoms with Gasteiger partial charge in [-0.25, -0.2) is 9.38 Å². The average Bonchev–Trinajstić information content (AvgIpc) is 3.08. The number of carbonyl (C=O) groups excluding carboxylic acids is 2. The van der Waals surface area contributed by atoms with Gasteiger partial charge in [0.1, 0.15) is 11.1 Å². The molecule has 1 aliphatic heterocycles. The maximum absolute atomic E-state index is 13.3. The molecule has 1 aliphatic rings. The molecule has 0 aliphatic carbocycles. The number of amidine groups is 1. The minimum atomic E-state index is -0.565. The zero-order valence-corrected chi connectivity index (χ0v) is 19.0. The van der Waals surface area contributed by atoms with Crippen molar-refractivity contribution in [2.75, 3.05) is 11.9 Å². The quantitative estimate of drug-likeness (QED) is 0.517. The van der Waals surface area contributed by atoms with Crippen LogP contribution in [0, 0.1) is 12.7 Å². The molecule has 1 fully saturated rings. The van der Waals surface area contributed by atoms with E-state index in [1.807, 2.05) is 61.5 Å². The van der Waals surface area contributed by atoms with Crippen LogP contribution in [0.4, 0.5) is 15.8 Å². The zero-order chi connectivity index (χ0) is 23.2. The molecule has 7 heteroatoms. The minimum absolute atomic E-state index is 0.0434. The SMILES string of the molecule is Cc1cccc(NC(=O)C[C@@H]2SC(=Nc3ccc(F)cc3)N(CCc3ccccc3)C2=O)c1. The van der Waals surface area contributed by atoms with Gasteiger partial charge in [-0.1, -0.05) is 54.2 Å². The van der Waals surface area contributed by atoms with Gasteiger partial charge in [0.2, 0.25) is 11.8 Å². The Morgan fingerprint density at radius 3 is 2.55 bits per heavy atom. The Bertz CT molecular complexity index is 1170. The number of aryl methyl sites for hydroxylation is 1. The summed E-state index contributed by atoms with van der Waals surface area (Å²) in [5, 5.41) is 2.83. The molecule has 1 heterocycles. The molecule has 1 N–H and O–H groups in total. The Morgan fingerprint density at radius 1 is 1.06 bits per heavy atom. The van der Waals surface area contributed by atoms with E-state index in [9.17, 15) is 14.0 Å². The van der Waals surface area contributed by atoms with E-state index < -0.39 is 5.25 Å². The number of carbonyl (C=O) groups is 2. The molecule has 5 nitrogen and oxygen atoms in total. The zero-order valence-electron chi connectivity index (χ0n) is 18.2. The number of aliphatic imine (C=N–C) groups is 1. The highest BCUT2D eigenvalue weighted by atomic mass is 32.2. The molecule has 0 unspecified atom stereocenters. The molecule has 1 atom stereocenters. The van der Waals surface area contributed by atoms with Crippen molar-refractivity contribution >= 4 is 40.1 Å². The summed E-state index contributed by atoms with van der Waals surface area (Å²) >= 11 is 1.27. The third-order valence-electron chi connectivity index (χ3n) is 5.21. The van der Waals surface area contributed by atoms with E-state index >= 15 is 0 Å². The molecule has 3 aromatic carbocycles. The summed E-state index contributed by atoms with van der Waals surface area (Å²) in [6, 6.07) is 23.2. The number of rotatable bonds is 7. The minimum Gasteiger partial charge on any atom is -0.326 e. The number of hydrogen-bond acceptors (Lipinski definition) is 4. The maximum atomic E-state index is 13.3. The second-order valence-corrected chi connectivity index (χ2v) is 8.99. The first-order chi connectivity index (χ1) is 16.0. The molecule has 0 radical (unpaired) electrons. The lowest BCUT2D eigenvalue weighted by atomic mass is 10.1. The first-order valence-corrected chi connectivity index (χ1v) is 11.6. The lowest BCUT2D eigenvalue weighted by Crippen LogP contribution is -2.35. The van der Waals surface area contributed by atoms with E-state index in [0.717, 1.165) is 11.1 Å². The lowest BCUT2D eigenvalue weighted by molar-refractivity contribution is -0.128. The maximum Gasteiger partial charge on any atom is 0.242 e. The van der Waals surface area contributed by atoms with Gasteiger partial charge in [0, 0.05) is 18.7 Å². The molecule has 1 saturated heterocycles. The van der Waals surface area contributed by atoms with Gasteiger partial charge in [0.15, 0.2) is 5.17 Å². The van der Waals surface area contributed by atoms with E-state index in [-0.39, 0.29) is 24.1 Å². The van der Waals surface area contributed by atoms with Gasteiger partial charge in [-0.2, -0.15) is 0 Å². The van der Waals surface area contributed by atoms with Crippen molar-refractivity contribution in [1.29, 1.82) is 0 Å². The Labute approximate surface area is 196 Å². The highest BCUT2D eigenvalue weighted by Crippen LogP contribution is 2.32. The van der Waals surface area contributed by atoms with Crippen LogP contribution in [0.3, 0.4) is 0 Å². The van der Waals surface area contributed by atoms with Crippen LogP contribution in [-0.2, 0) is 16.0 Å². The molecule has 0 saturated carbocycles. The van der Waals surface area contributed by atoms with Crippen LogP contribution in [0.1, 0.15) is 17.5 Å². The number of halogens is 1. The van der Waals surface area contributed by atoms with Gasteiger partial charge >= 0.3 is 0 Å². The molecule has 3 aromatic rings. The third-order valence-corrected chi connectivity index (χ3v) is 6.39. The summed E-state index contributed by atoms with van der Waals surface area (Å²) < 4.78 is 13.3. The summed E-state index contributed by atoms with van der Waals surface area (Å²) in [6.45, 7) is 2.40. The predicted molar refractivity (Wildman–Crippen MR) is 131 cm³/mol. The fourth-order valence-electron chi connectivity index (χ4n) is 3.55. The van der Waals surface area contributed by atoms with Gasteiger partial charge in [-0.05, 0) is 60.9 Å². The Kier molecular flexibility index (Phi) is 7.19. The Balaban J connectivity index is 1.50. The number of nitrogens with zero attached hydrogens (tertiary/aromatic N) is 2. The van der Waals surface area contributed by atoms with Gasteiger partial charge < -0.3 is 5.32 Å². The standard InChI is InChI=1S/C26H24FN3O2S/c1-18-6-5-9-22(16-18)28-24(31)17-23-25(32)30(15-14-19-7-3-2-4-8-19)26(33-23)29-21-12-10-20(27)11-13-21/h2-13,16,23H,14-15,17H2,1H3,(H,28,31)/t23-/m0/s1. The lowest BCUT2D eigenvalue weighted by Gasteiger charge is -2.16. The Morgan fingerprint density at radius 2 is 1.82 bits per heavy atom. The topological polar surface area (TPSA) is 61.8 Å². The molecular weight excluding hydrogens is 437 g/mol. The van der Waals surface area contributed by atoms with E-state index in [1.165, 1.54) is 23.9 Å². The molecular formula is C26H24FN3O2S. The highest BCUT2D eigenvalue weighted by molar-refractivity contribution is 8.15. The molecule has 0 aromatic heterocycles. The van der Waals surface area contributed by atoms with Crippen molar-refractivity contribution in [3.8, 4) is 0 Å². The fourth-order valence-corrected chi connectivity index (χ4v) is 4.73. The number of thioether (sulfide) groups is 1. The third kappa shape index (κ3) is 6.08. The van der Waals surface area contributed by atoms with E-state index in [2.05, 4.69) is 10.3 Å². The van der Waals surface area contributed by atoms with Crippen LogP contribution in [0.5, 0.6) is 0 Å². The molecule has 2 amide bonds. The number of nitrogens with one attached hydrogen (secondary N) is 1. The van der Waals surface area contributed by atoms with Crippen LogP contribution >= 0.6 is 11.8 Å². The monoisotopic (exact) mass is 461 g/mol.